The molecule has 1 heterocycles. The molecule has 1 atom stereocenters. The quantitative estimate of drug-likeness (QED) is 0.0889. The van der Waals surface area contributed by atoms with Crippen LogP contribution in [0.3, 0.4) is 0 Å². The van der Waals surface area contributed by atoms with Gasteiger partial charge in [-0.2, -0.15) is 17.9 Å². The molecule has 0 aliphatic rings. The lowest BCUT2D eigenvalue weighted by atomic mass is 10.1. The molecule has 11 nitrogen and oxygen atoms in total. The molecule has 3 N–H and O–H groups in total. The maximum absolute atomic E-state index is 13.5. The van der Waals surface area contributed by atoms with Gasteiger partial charge < -0.3 is 14.7 Å². The van der Waals surface area contributed by atoms with Gasteiger partial charge in [0.1, 0.15) is 16.2 Å². The monoisotopic (exact) mass is 761 g/mol. The van der Waals surface area contributed by atoms with Crippen LogP contribution in [0.1, 0.15) is 15.9 Å². The first-order valence-electron chi connectivity index (χ1n) is 11.2. The van der Waals surface area contributed by atoms with Crippen molar-refractivity contribution in [1.29, 1.82) is 0 Å². The zero-order valence-electron chi connectivity index (χ0n) is 20.7. The summed E-state index contributed by atoms with van der Waals surface area (Å²) in [5.74, 6) is -1.54. The van der Waals surface area contributed by atoms with Gasteiger partial charge >= 0.3 is 13.8 Å². The molecule has 1 amide bonds. The molecule has 0 saturated heterocycles. The zero-order chi connectivity index (χ0) is 31.9. The van der Waals surface area contributed by atoms with Crippen LogP contribution in [0, 0.1) is 10.1 Å². The molecule has 0 aliphatic carbocycles. The highest BCUT2D eigenvalue weighted by molar-refractivity contribution is 9.10. The molecule has 0 fully saturated rings. The number of nitrogens with zero attached hydrogens (tertiary/aromatic N) is 1. The summed E-state index contributed by atoms with van der Waals surface area (Å²) < 4.78 is 86.0. The van der Waals surface area contributed by atoms with Gasteiger partial charge in [0.25, 0.3) is 21.6 Å². The average Bonchev–Trinajstić information content (AvgIpc) is 3.38. The maximum Gasteiger partial charge on any atom is 0.418 e. The van der Waals surface area contributed by atoms with Crippen molar-refractivity contribution in [2.75, 3.05) is 11.6 Å². The molecule has 43 heavy (non-hydrogen) atoms. The second-order valence-electron chi connectivity index (χ2n) is 8.45. The Labute approximate surface area is 262 Å². The van der Waals surface area contributed by atoms with Crippen molar-refractivity contribution in [3.05, 3.63) is 90.4 Å². The van der Waals surface area contributed by atoms with Crippen LogP contribution in [-0.4, -0.2) is 30.4 Å². The average molecular weight is 763 g/mol. The third-order valence-electron chi connectivity index (χ3n) is 5.48. The van der Waals surface area contributed by atoms with E-state index in [2.05, 4.69) is 15.9 Å². The van der Waals surface area contributed by atoms with Gasteiger partial charge in [0.15, 0.2) is 0 Å². The molecule has 1 unspecified atom stereocenters. The number of non-ortho nitro benzene ring substituents is 1. The molecule has 1 aromatic heterocycles. The lowest BCUT2D eigenvalue weighted by Gasteiger charge is -2.16. The van der Waals surface area contributed by atoms with E-state index in [1.807, 2.05) is 10.0 Å². The number of anilines is 1. The van der Waals surface area contributed by atoms with Gasteiger partial charge in [-0.3, -0.25) is 14.9 Å². The van der Waals surface area contributed by atoms with Crippen LogP contribution in [0.25, 0.3) is 10.1 Å². The number of carbonyl (C=O) groups excluding carboxylic acids is 1. The van der Waals surface area contributed by atoms with Crippen LogP contribution in [0.5, 0.6) is 5.75 Å². The smallest absolute Gasteiger partial charge is 0.418 e. The standard InChI is InChI=1S/C23H14BrCl2F3N3O8PS2/c24-16-3-2-12(8-13(16)22(33)31-19-6-1-11(32(34)35)7-15(19)23(27,28)29)40-41(36,37)10-30-43(38,39)20-9-14-17(25)4-5-18(26)21(14)42-20/h1-9,30H,10H2,(H,31,33)(H,36,37). The van der Waals surface area contributed by atoms with Crippen molar-refractivity contribution in [3.8, 4) is 5.75 Å². The number of amides is 1. The topological polar surface area (TPSA) is 165 Å². The number of halogens is 6. The summed E-state index contributed by atoms with van der Waals surface area (Å²) in [7, 11) is -9.09. The van der Waals surface area contributed by atoms with E-state index in [1.165, 1.54) is 24.3 Å². The van der Waals surface area contributed by atoms with Gasteiger partial charge in [-0.25, -0.2) is 13.0 Å². The van der Waals surface area contributed by atoms with Crippen molar-refractivity contribution in [3.63, 3.8) is 0 Å². The van der Waals surface area contributed by atoms with Crippen molar-refractivity contribution >= 4 is 95.5 Å². The summed E-state index contributed by atoms with van der Waals surface area (Å²) >= 11 is 16.0. The van der Waals surface area contributed by atoms with Gasteiger partial charge in [-0.05, 0) is 58.4 Å². The number of fused-ring (bicyclic) bond motifs is 1. The Bertz CT molecular complexity index is 1900. The number of rotatable bonds is 9. The number of nitrogens with one attached hydrogen (secondary N) is 2. The summed E-state index contributed by atoms with van der Waals surface area (Å²) in [5.41, 5.74) is -3.46. The largest absolute Gasteiger partial charge is 0.424 e. The number of benzene rings is 3. The predicted octanol–water partition coefficient (Wildman–Crippen LogP) is 7.65. The Morgan fingerprint density at radius 1 is 1.12 bits per heavy atom. The Hall–Kier alpha value is -2.76. The minimum atomic E-state index is -5.05. The van der Waals surface area contributed by atoms with E-state index in [-0.39, 0.29) is 30.4 Å². The summed E-state index contributed by atoms with van der Waals surface area (Å²) in [6.45, 7) is 0. The van der Waals surface area contributed by atoms with Crippen LogP contribution in [0.15, 0.2) is 63.3 Å². The molecule has 0 aliphatic heterocycles. The van der Waals surface area contributed by atoms with E-state index >= 15 is 0 Å². The number of nitro groups is 1. The molecule has 0 bridgehead atoms. The van der Waals surface area contributed by atoms with E-state index in [4.69, 9.17) is 27.7 Å². The highest BCUT2D eigenvalue weighted by Crippen LogP contribution is 2.44. The number of thiophene rings is 1. The minimum absolute atomic E-state index is 0.0448. The highest BCUT2D eigenvalue weighted by atomic mass is 79.9. The van der Waals surface area contributed by atoms with E-state index in [0.717, 1.165) is 29.5 Å². The molecule has 0 radical (unpaired) electrons. The number of sulfonamides is 1. The van der Waals surface area contributed by atoms with Crippen molar-refractivity contribution in [2.24, 2.45) is 0 Å². The van der Waals surface area contributed by atoms with Gasteiger partial charge in [-0.15, -0.1) is 11.3 Å². The summed E-state index contributed by atoms with van der Waals surface area (Å²) in [6, 6.07) is 9.20. The molecule has 0 saturated carbocycles. The summed E-state index contributed by atoms with van der Waals surface area (Å²) in [4.78, 5) is 33.0. The Morgan fingerprint density at radius 3 is 2.42 bits per heavy atom. The fraction of sp³-hybridized carbons (Fsp3) is 0.0870. The lowest BCUT2D eigenvalue weighted by molar-refractivity contribution is -0.385. The molecule has 4 aromatic rings. The minimum Gasteiger partial charge on any atom is -0.424 e. The van der Waals surface area contributed by atoms with Crippen LogP contribution >= 0.6 is 58.1 Å². The molecule has 20 heteroatoms. The Kier molecular flexibility index (Phi) is 9.50. The molecular weight excluding hydrogens is 749 g/mol. The summed E-state index contributed by atoms with van der Waals surface area (Å²) in [5, 5.41) is 13.8. The maximum atomic E-state index is 13.5. The van der Waals surface area contributed by atoms with Gasteiger partial charge in [-0.1, -0.05) is 23.2 Å². The normalized spacial score (nSPS) is 13.5. The van der Waals surface area contributed by atoms with Crippen molar-refractivity contribution in [1.82, 2.24) is 4.72 Å². The predicted molar refractivity (Wildman–Crippen MR) is 158 cm³/mol. The number of alkyl halides is 3. The summed E-state index contributed by atoms with van der Waals surface area (Å²) in [6.07, 6.45) is -6.15. The highest BCUT2D eigenvalue weighted by Gasteiger charge is 2.36. The third kappa shape index (κ3) is 7.67. The molecule has 4 rings (SSSR count). The SMILES string of the molecule is O=C(Nc1ccc([N+](=O)[O-])cc1C(F)(F)F)c1cc(OP(=O)(O)CNS(=O)(=O)c2cc3c(Cl)ccc(Cl)c3s2)ccc1Br. The number of hydrogen-bond donors (Lipinski definition) is 3. The van der Waals surface area contributed by atoms with Crippen LogP contribution in [0.2, 0.25) is 10.0 Å². The zero-order valence-corrected chi connectivity index (χ0v) is 26.3. The van der Waals surface area contributed by atoms with E-state index in [0.29, 0.717) is 16.2 Å². The molecule has 228 valence electrons. The van der Waals surface area contributed by atoms with Gasteiger partial charge in [0.05, 0.1) is 31.5 Å². The second-order valence-corrected chi connectivity index (χ2v) is 14.9. The number of carbonyl (C=O) groups is 1. The molecule has 0 spiro atoms. The molecule has 3 aromatic carbocycles. The van der Waals surface area contributed by atoms with E-state index in [9.17, 15) is 46.0 Å². The van der Waals surface area contributed by atoms with Crippen LogP contribution in [-0.2, 0) is 20.8 Å². The van der Waals surface area contributed by atoms with Crippen LogP contribution in [0.4, 0.5) is 24.5 Å². The fourth-order valence-corrected chi connectivity index (χ4v) is 8.43. The van der Waals surface area contributed by atoms with Gasteiger partial charge in [0.2, 0.25) is 0 Å². The first kappa shape index (κ1) is 33.1. The Morgan fingerprint density at radius 2 is 1.79 bits per heavy atom. The van der Waals surface area contributed by atoms with Crippen molar-refractivity contribution < 1.29 is 45.3 Å². The van der Waals surface area contributed by atoms with Crippen LogP contribution < -0.4 is 14.6 Å². The first-order valence-corrected chi connectivity index (χ1v) is 16.8. The molecular formula is C23H14BrCl2F3N3O8PS2. The third-order valence-corrected chi connectivity index (χ3v) is 11.2. The first-order chi connectivity index (χ1) is 19.9. The second kappa shape index (κ2) is 12.3. The van der Waals surface area contributed by atoms with Gasteiger partial charge in [0, 0.05) is 27.0 Å². The van der Waals surface area contributed by atoms with E-state index < -0.39 is 63.6 Å². The van der Waals surface area contributed by atoms with Crippen molar-refractivity contribution in [2.45, 2.75) is 10.4 Å². The van der Waals surface area contributed by atoms with E-state index in [1.54, 1.807) is 0 Å². The lowest BCUT2D eigenvalue weighted by Crippen LogP contribution is -2.25. The number of hydrogen-bond acceptors (Lipinski definition) is 8. The Balaban J connectivity index is 1.52. The fourth-order valence-electron chi connectivity index (χ4n) is 3.52. The number of nitro benzene ring substituents is 1.